The highest BCUT2D eigenvalue weighted by molar-refractivity contribution is 5.25. The molecular weight excluding hydrogens is 356 g/mol. The van der Waals surface area contributed by atoms with Crippen molar-refractivity contribution in [1.29, 1.82) is 0 Å². The Morgan fingerprint density at radius 2 is 1.86 bits per heavy atom. The molecule has 2 nitrogen and oxygen atoms in total. The lowest BCUT2D eigenvalue weighted by molar-refractivity contribution is -0.0575. The Hall–Kier alpha value is -0.340. The molecule has 0 saturated heterocycles. The Balaban J connectivity index is 1.47. The fourth-order valence-corrected chi connectivity index (χ4v) is 8.67. The van der Waals surface area contributed by atoms with Gasteiger partial charge in [-0.15, -0.1) is 0 Å². The molecule has 3 fully saturated rings. The van der Waals surface area contributed by atoms with Gasteiger partial charge in [-0.3, -0.25) is 0 Å². The van der Waals surface area contributed by atoms with Gasteiger partial charge in [0.15, 0.2) is 0 Å². The van der Waals surface area contributed by atoms with Crippen LogP contribution in [0.25, 0.3) is 0 Å². The normalized spacial score (nSPS) is 45.8. The van der Waals surface area contributed by atoms with Crippen molar-refractivity contribution < 1.29 is 10.2 Å². The van der Waals surface area contributed by atoms with Gasteiger partial charge in [0.2, 0.25) is 0 Å². The quantitative estimate of drug-likeness (QED) is 0.515. The average molecular weight is 403 g/mol. The summed E-state index contributed by atoms with van der Waals surface area (Å²) in [4.78, 5) is 0. The highest BCUT2D eigenvalue weighted by Crippen LogP contribution is 2.67. The summed E-state index contributed by atoms with van der Waals surface area (Å²) in [5, 5.41) is 20.3. The van der Waals surface area contributed by atoms with Gasteiger partial charge in [0, 0.05) is 0 Å². The molecule has 4 rings (SSSR count). The van der Waals surface area contributed by atoms with E-state index in [1.807, 2.05) is 13.8 Å². The van der Waals surface area contributed by atoms with E-state index in [0.29, 0.717) is 10.8 Å². The van der Waals surface area contributed by atoms with E-state index in [4.69, 9.17) is 0 Å². The van der Waals surface area contributed by atoms with E-state index < -0.39 is 5.60 Å². The highest BCUT2D eigenvalue weighted by atomic mass is 16.3. The molecule has 0 bridgehead atoms. The van der Waals surface area contributed by atoms with Crippen LogP contribution in [-0.4, -0.2) is 21.9 Å². The van der Waals surface area contributed by atoms with Gasteiger partial charge in [0.05, 0.1) is 11.7 Å². The van der Waals surface area contributed by atoms with E-state index in [1.165, 1.54) is 44.9 Å². The van der Waals surface area contributed by atoms with E-state index in [2.05, 4.69) is 26.8 Å². The predicted molar refractivity (Wildman–Crippen MR) is 121 cm³/mol. The number of aliphatic hydroxyl groups is 2. The van der Waals surface area contributed by atoms with Gasteiger partial charge in [0.1, 0.15) is 0 Å². The van der Waals surface area contributed by atoms with Gasteiger partial charge in [-0.05, 0) is 112 Å². The van der Waals surface area contributed by atoms with Crippen molar-refractivity contribution in [3.8, 4) is 0 Å². The molecule has 0 amide bonds. The summed E-state index contributed by atoms with van der Waals surface area (Å²) in [6.07, 6.45) is 15.9. The lowest BCUT2D eigenvalue weighted by atomic mass is 9.47. The monoisotopic (exact) mass is 402 g/mol. The minimum absolute atomic E-state index is 0.0969. The molecule has 0 radical (unpaired) electrons. The Morgan fingerprint density at radius 1 is 1.10 bits per heavy atom. The lowest BCUT2D eigenvalue weighted by Gasteiger charge is -2.58. The van der Waals surface area contributed by atoms with Gasteiger partial charge in [0.25, 0.3) is 0 Å². The average Bonchev–Trinajstić information content (AvgIpc) is 2.98. The summed E-state index contributed by atoms with van der Waals surface area (Å²) >= 11 is 0. The molecule has 0 spiro atoms. The SMILES string of the molecule is C[C@H](CCCC(C)(C)O)C1CC[C@H]2[C@@H]3CC=C4C[C@@H](O)CC[C@]4(C)[C@H]3CC[C@]12C. The molecule has 0 aromatic heterocycles. The second-order valence-corrected chi connectivity index (χ2v) is 12.6. The molecule has 4 aliphatic carbocycles. The third-order valence-electron chi connectivity index (χ3n) is 10.3. The summed E-state index contributed by atoms with van der Waals surface area (Å²) < 4.78 is 0. The van der Waals surface area contributed by atoms with Crippen molar-refractivity contribution in [3.05, 3.63) is 11.6 Å². The molecule has 166 valence electrons. The maximum atomic E-state index is 10.2. The Morgan fingerprint density at radius 3 is 2.59 bits per heavy atom. The van der Waals surface area contributed by atoms with Gasteiger partial charge in [-0.25, -0.2) is 0 Å². The predicted octanol–water partition coefficient (Wildman–Crippen LogP) is 6.50. The Labute approximate surface area is 179 Å². The summed E-state index contributed by atoms with van der Waals surface area (Å²) in [7, 11) is 0. The largest absolute Gasteiger partial charge is 0.393 e. The third kappa shape index (κ3) is 3.86. The van der Waals surface area contributed by atoms with Gasteiger partial charge in [-0.2, -0.15) is 0 Å². The maximum absolute atomic E-state index is 10.2. The lowest BCUT2D eigenvalue weighted by Crippen LogP contribution is -2.50. The molecule has 0 aromatic rings. The summed E-state index contributed by atoms with van der Waals surface area (Å²) in [5.41, 5.74) is 1.95. The summed E-state index contributed by atoms with van der Waals surface area (Å²) in [5.74, 6) is 4.24. The van der Waals surface area contributed by atoms with E-state index in [9.17, 15) is 10.2 Å². The number of aliphatic hydroxyl groups excluding tert-OH is 1. The smallest absolute Gasteiger partial charge is 0.0591 e. The second-order valence-electron chi connectivity index (χ2n) is 12.6. The summed E-state index contributed by atoms with van der Waals surface area (Å²) in [6, 6.07) is 0. The van der Waals surface area contributed by atoms with Crippen LogP contribution in [0.5, 0.6) is 0 Å². The van der Waals surface area contributed by atoms with Crippen molar-refractivity contribution >= 4 is 0 Å². The first-order valence-electron chi connectivity index (χ1n) is 12.6. The molecular formula is C27H46O2. The topological polar surface area (TPSA) is 40.5 Å². The fraction of sp³-hybridized carbons (Fsp3) is 0.926. The molecule has 0 aromatic carbocycles. The number of allylic oxidation sites excluding steroid dienone is 1. The number of rotatable bonds is 5. The van der Waals surface area contributed by atoms with Crippen LogP contribution in [0.3, 0.4) is 0 Å². The van der Waals surface area contributed by atoms with Crippen LogP contribution in [0.1, 0.15) is 105 Å². The zero-order valence-electron chi connectivity index (χ0n) is 19.7. The molecule has 2 N–H and O–H groups in total. The first kappa shape index (κ1) is 21.9. The fourth-order valence-electron chi connectivity index (χ4n) is 8.67. The zero-order valence-corrected chi connectivity index (χ0v) is 19.7. The number of hydrogen-bond acceptors (Lipinski definition) is 2. The summed E-state index contributed by atoms with van der Waals surface area (Å²) in [6.45, 7) is 11.6. The van der Waals surface area contributed by atoms with Crippen molar-refractivity contribution in [2.45, 2.75) is 117 Å². The van der Waals surface area contributed by atoms with E-state index in [1.54, 1.807) is 5.57 Å². The maximum Gasteiger partial charge on any atom is 0.0591 e. The molecule has 4 aliphatic rings. The molecule has 1 unspecified atom stereocenters. The zero-order chi connectivity index (χ0) is 21.0. The van der Waals surface area contributed by atoms with Crippen LogP contribution in [0.4, 0.5) is 0 Å². The highest BCUT2D eigenvalue weighted by Gasteiger charge is 2.59. The first-order valence-corrected chi connectivity index (χ1v) is 12.6. The van der Waals surface area contributed by atoms with Crippen LogP contribution in [0.2, 0.25) is 0 Å². The van der Waals surface area contributed by atoms with E-state index >= 15 is 0 Å². The van der Waals surface area contributed by atoms with Gasteiger partial charge in [-0.1, -0.05) is 45.3 Å². The number of hydrogen-bond donors (Lipinski definition) is 2. The first-order chi connectivity index (χ1) is 13.5. The van der Waals surface area contributed by atoms with Crippen LogP contribution in [0.15, 0.2) is 11.6 Å². The Kier molecular flexibility index (Phi) is 5.78. The van der Waals surface area contributed by atoms with Crippen molar-refractivity contribution in [2.75, 3.05) is 0 Å². The van der Waals surface area contributed by atoms with Crippen molar-refractivity contribution in [1.82, 2.24) is 0 Å². The molecule has 0 heterocycles. The van der Waals surface area contributed by atoms with Crippen LogP contribution >= 0.6 is 0 Å². The minimum Gasteiger partial charge on any atom is -0.393 e. The van der Waals surface area contributed by atoms with E-state index in [-0.39, 0.29) is 6.10 Å². The van der Waals surface area contributed by atoms with E-state index in [0.717, 1.165) is 55.3 Å². The third-order valence-corrected chi connectivity index (χ3v) is 10.3. The van der Waals surface area contributed by atoms with Crippen LogP contribution in [-0.2, 0) is 0 Å². The van der Waals surface area contributed by atoms with Crippen LogP contribution < -0.4 is 0 Å². The Bertz CT molecular complexity index is 631. The molecule has 29 heavy (non-hydrogen) atoms. The van der Waals surface area contributed by atoms with Crippen LogP contribution in [0, 0.1) is 40.4 Å². The second kappa shape index (κ2) is 7.66. The van der Waals surface area contributed by atoms with Crippen molar-refractivity contribution in [3.63, 3.8) is 0 Å². The van der Waals surface area contributed by atoms with Crippen molar-refractivity contribution in [2.24, 2.45) is 40.4 Å². The van der Waals surface area contributed by atoms with Gasteiger partial charge >= 0.3 is 0 Å². The molecule has 3 saturated carbocycles. The molecule has 2 heteroatoms. The number of fused-ring (bicyclic) bond motifs is 5. The molecule has 8 atom stereocenters. The standard InChI is InChI=1S/C27H46O2/c1-18(7-6-14-25(2,3)29)22-10-11-23-21-9-8-19-17-20(28)12-15-26(19,4)24(21)13-16-27(22,23)5/h8,18,20-24,28-29H,6-7,9-17H2,1-5H3/t18-,20+,21+,22?,23+,24+,26+,27-/m1/s1. The van der Waals surface area contributed by atoms with Gasteiger partial charge < -0.3 is 10.2 Å². The molecule has 0 aliphatic heterocycles. The minimum atomic E-state index is -0.519.